The quantitative estimate of drug-likeness (QED) is 0.162. The number of nitrogens with one attached hydrogen (secondary N) is 4. The van der Waals surface area contributed by atoms with Gasteiger partial charge in [-0.25, -0.2) is 19.6 Å². The number of hydrogen-bond donors (Lipinski definition) is 4. The molecule has 0 spiro atoms. The second-order valence-electron chi connectivity index (χ2n) is 14.2. The van der Waals surface area contributed by atoms with Gasteiger partial charge in [-0.3, -0.25) is 9.59 Å². The summed E-state index contributed by atoms with van der Waals surface area (Å²) < 4.78 is 9.51. The molecule has 52 heavy (non-hydrogen) atoms. The van der Waals surface area contributed by atoms with Gasteiger partial charge in [0.1, 0.15) is 23.7 Å². The summed E-state index contributed by atoms with van der Waals surface area (Å²) in [6.45, 7) is 8.77. The Morgan fingerprint density at radius 2 is 1.25 bits per heavy atom. The van der Waals surface area contributed by atoms with Crippen molar-refractivity contribution in [2.75, 3.05) is 27.3 Å². The molecule has 276 valence electrons. The smallest absolute Gasteiger partial charge is 0.407 e. The largest absolute Gasteiger partial charge is 0.453 e. The van der Waals surface area contributed by atoms with Crippen molar-refractivity contribution < 1.29 is 28.7 Å². The number of aromatic amines is 2. The summed E-state index contributed by atoms with van der Waals surface area (Å²) in [5.74, 6) is 0.938. The highest BCUT2D eigenvalue weighted by Gasteiger charge is 2.39. The first-order chi connectivity index (χ1) is 25.0. The number of carbonyl (C=O) groups excluding carboxylic acids is 4. The number of nitrogens with zero attached hydrogens (tertiary/aromatic N) is 4. The van der Waals surface area contributed by atoms with E-state index in [0.717, 1.165) is 64.9 Å². The van der Waals surface area contributed by atoms with E-state index in [0.29, 0.717) is 18.9 Å². The SMILES string of the molecule is COC(=O)NC(C(=O)N1CCCC1c1ncc(-c2ccc(-c3ccc4nc(C5CCCN5C(=O)C(NC(=O)OC)C(C)C)[nH]c4c3)cc2)[nH]1)C(C)C. The van der Waals surface area contributed by atoms with Crippen molar-refractivity contribution in [3.63, 3.8) is 0 Å². The Balaban J connectivity index is 1.16. The number of carbonyl (C=O) groups is 4. The van der Waals surface area contributed by atoms with E-state index in [9.17, 15) is 19.2 Å². The molecular formula is C38H48N8O6. The minimum Gasteiger partial charge on any atom is -0.453 e. The van der Waals surface area contributed by atoms with Crippen LogP contribution < -0.4 is 10.6 Å². The lowest BCUT2D eigenvalue weighted by Gasteiger charge is -2.30. The second-order valence-corrected chi connectivity index (χ2v) is 14.2. The first-order valence-corrected chi connectivity index (χ1v) is 17.9. The Morgan fingerprint density at radius 1 is 0.731 bits per heavy atom. The molecule has 2 aromatic heterocycles. The molecule has 4 atom stereocenters. The third-order valence-corrected chi connectivity index (χ3v) is 10.1. The van der Waals surface area contributed by atoms with Crippen LogP contribution in [-0.4, -0.2) is 93.1 Å². The molecule has 4 heterocycles. The Bertz CT molecular complexity index is 1920. The van der Waals surface area contributed by atoms with E-state index in [4.69, 9.17) is 14.5 Å². The molecule has 0 bridgehead atoms. The fourth-order valence-corrected chi connectivity index (χ4v) is 7.25. The van der Waals surface area contributed by atoms with Crippen molar-refractivity contribution in [1.82, 2.24) is 40.4 Å². The van der Waals surface area contributed by atoms with Gasteiger partial charge in [-0.05, 0) is 66.3 Å². The predicted molar refractivity (Wildman–Crippen MR) is 195 cm³/mol. The van der Waals surface area contributed by atoms with E-state index in [-0.39, 0.29) is 35.7 Å². The lowest BCUT2D eigenvalue weighted by molar-refractivity contribution is -0.136. The number of hydrogen-bond acceptors (Lipinski definition) is 8. The number of H-pyrrole nitrogens is 2. The molecule has 4 unspecified atom stereocenters. The lowest BCUT2D eigenvalue weighted by atomic mass is 10.0. The first kappa shape index (κ1) is 36.4. The van der Waals surface area contributed by atoms with Gasteiger partial charge < -0.3 is 39.9 Å². The molecule has 14 nitrogen and oxygen atoms in total. The van der Waals surface area contributed by atoms with Gasteiger partial charge in [0.2, 0.25) is 11.8 Å². The summed E-state index contributed by atoms with van der Waals surface area (Å²) in [5.41, 5.74) is 5.54. The number of rotatable bonds is 10. The molecule has 2 aromatic carbocycles. The van der Waals surface area contributed by atoms with E-state index < -0.39 is 24.3 Å². The highest BCUT2D eigenvalue weighted by Crippen LogP contribution is 2.35. The van der Waals surface area contributed by atoms with Crippen LogP contribution in [-0.2, 0) is 19.1 Å². The summed E-state index contributed by atoms with van der Waals surface area (Å²) in [7, 11) is 2.57. The molecule has 2 aliphatic heterocycles. The molecule has 14 heteroatoms. The van der Waals surface area contributed by atoms with Gasteiger partial charge in [-0.1, -0.05) is 58.0 Å². The summed E-state index contributed by atoms with van der Waals surface area (Å²) in [6, 6.07) is 12.5. The van der Waals surface area contributed by atoms with Crippen LogP contribution in [0, 0.1) is 11.8 Å². The van der Waals surface area contributed by atoms with Crippen molar-refractivity contribution in [2.24, 2.45) is 11.8 Å². The van der Waals surface area contributed by atoms with Crippen molar-refractivity contribution >= 4 is 35.0 Å². The van der Waals surface area contributed by atoms with Gasteiger partial charge in [0.15, 0.2) is 0 Å². The van der Waals surface area contributed by atoms with Crippen molar-refractivity contribution in [1.29, 1.82) is 0 Å². The highest BCUT2D eigenvalue weighted by molar-refractivity contribution is 5.88. The van der Waals surface area contributed by atoms with Crippen molar-refractivity contribution in [2.45, 2.75) is 77.5 Å². The van der Waals surface area contributed by atoms with Crippen LogP contribution in [0.15, 0.2) is 48.7 Å². The molecule has 2 aliphatic rings. The molecule has 2 fully saturated rings. The topological polar surface area (TPSA) is 175 Å². The zero-order valence-corrected chi connectivity index (χ0v) is 30.6. The average Bonchev–Trinajstić information content (AvgIpc) is 3.97. The van der Waals surface area contributed by atoms with Gasteiger partial charge in [-0.2, -0.15) is 0 Å². The number of fused-ring (bicyclic) bond motifs is 1. The number of likely N-dealkylation sites (tertiary alicyclic amines) is 2. The van der Waals surface area contributed by atoms with Crippen LogP contribution in [0.4, 0.5) is 9.59 Å². The summed E-state index contributed by atoms with van der Waals surface area (Å²) in [6.07, 6.45) is 3.78. The number of imidazole rings is 2. The number of methoxy groups -OCH3 is 2. The van der Waals surface area contributed by atoms with E-state index in [1.54, 1.807) is 11.1 Å². The van der Waals surface area contributed by atoms with Gasteiger partial charge in [0, 0.05) is 13.1 Å². The predicted octanol–water partition coefficient (Wildman–Crippen LogP) is 5.71. The summed E-state index contributed by atoms with van der Waals surface area (Å²) >= 11 is 0. The van der Waals surface area contributed by atoms with Crippen LogP contribution in [0.3, 0.4) is 0 Å². The van der Waals surface area contributed by atoms with Gasteiger partial charge in [0.25, 0.3) is 0 Å². The number of amides is 4. The molecule has 4 N–H and O–H groups in total. The van der Waals surface area contributed by atoms with Crippen molar-refractivity contribution in [3.05, 3.63) is 60.3 Å². The number of alkyl carbamates (subject to hydrolysis) is 2. The van der Waals surface area contributed by atoms with Gasteiger partial charge in [0.05, 0.1) is 49.2 Å². The average molecular weight is 713 g/mol. The highest BCUT2D eigenvalue weighted by atomic mass is 16.5. The van der Waals surface area contributed by atoms with Crippen LogP contribution in [0.2, 0.25) is 0 Å². The molecule has 0 saturated carbocycles. The number of aromatic nitrogens is 4. The molecule has 0 radical (unpaired) electrons. The molecule has 2 saturated heterocycles. The minimum atomic E-state index is -0.693. The zero-order chi connectivity index (χ0) is 37.1. The Morgan fingerprint density at radius 3 is 1.79 bits per heavy atom. The maximum atomic E-state index is 13.6. The third-order valence-electron chi connectivity index (χ3n) is 10.1. The Labute approximate surface area is 303 Å². The molecule has 4 aromatic rings. The number of benzene rings is 2. The number of ether oxygens (including phenoxy) is 2. The van der Waals surface area contributed by atoms with Crippen molar-refractivity contribution in [3.8, 4) is 22.4 Å². The van der Waals surface area contributed by atoms with Gasteiger partial charge >= 0.3 is 12.2 Å². The van der Waals surface area contributed by atoms with Crippen LogP contribution >= 0.6 is 0 Å². The minimum absolute atomic E-state index is 0.108. The van der Waals surface area contributed by atoms with E-state index >= 15 is 0 Å². The fourth-order valence-electron chi connectivity index (χ4n) is 7.25. The second kappa shape index (κ2) is 15.5. The maximum absolute atomic E-state index is 13.6. The standard InChI is InChI=1S/C38H48N8O6/c1-21(2)31(43-37(49)51-5)35(47)45-17-7-9-29(45)33-39-20-28(42-33)24-13-11-23(12-14-24)25-15-16-26-27(19-25)41-34(40-26)30-10-8-18-46(30)36(48)32(22(3)4)44-38(50)52-6/h11-16,19-22,29-32H,7-10,17-18H2,1-6H3,(H,39,42)(H,40,41)(H,43,49)(H,44,50). The molecular weight excluding hydrogens is 664 g/mol. The summed E-state index contributed by atoms with van der Waals surface area (Å²) in [4.78, 5) is 71.0. The van der Waals surface area contributed by atoms with E-state index in [1.807, 2.05) is 56.9 Å². The molecule has 4 amide bonds. The zero-order valence-electron chi connectivity index (χ0n) is 30.6. The van der Waals surface area contributed by atoms with Crippen LogP contribution in [0.25, 0.3) is 33.4 Å². The van der Waals surface area contributed by atoms with E-state index in [1.165, 1.54) is 14.2 Å². The van der Waals surface area contributed by atoms with Gasteiger partial charge in [-0.15, -0.1) is 0 Å². The normalized spacial score (nSPS) is 18.5. The Hall–Kier alpha value is -5.40. The third kappa shape index (κ3) is 7.46. The lowest BCUT2D eigenvalue weighted by Crippen LogP contribution is -2.51. The maximum Gasteiger partial charge on any atom is 0.407 e. The van der Waals surface area contributed by atoms with Crippen LogP contribution in [0.1, 0.15) is 77.1 Å². The van der Waals surface area contributed by atoms with E-state index in [2.05, 4.69) is 43.8 Å². The fraction of sp³-hybridized carbons (Fsp3) is 0.474. The van der Waals surface area contributed by atoms with Crippen LogP contribution in [0.5, 0.6) is 0 Å². The summed E-state index contributed by atoms with van der Waals surface area (Å²) in [5, 5.41) is 5.39. The molecule has 6 rings (SSSR count). The molecule has 0 aliphatic carbocycles. The first-order valence-electron chi connectivity index (χ1n) is 17.9. The monoisotopic (exact) mass is 712 g/mol. The Kier molecular flexibility index (Phi) is 10.8.